The maximum absolute atomic E-state index is 6.08. The Kier molecular flexibility index (Phi) is 6.75. The van der Waals surface area contributed by atoms with Crippen LogP contribution in [0.1, 0.15) is 36.9 Å². The highest BCUT2D eigenvalue weighted by atomic mass is 79.9. The van der Waals surface area contributed by atoms with Crippen LogP contribution in [0.25, 0.3) is 0 Å². The lowest BCUT2D eigenvalue weighted by molar-refractivity contribution is 0.498. The maximum atomic E-state index is 6.08. The Hall–Kier alpha value is -0.830. The minimum Gasteiger partial charge on any atom is -0.310 e. The first kappa shape index (κ1) is 16.5. The van der Waals surface area contributed by atoms with Crippen molar-refractivity contribution in [1.29, 1.82) is 0 Å². The second kappa shape index (κ2) is 8.57. The Morgan fingerprint density at radius 3 is 2.57 bits per heavy atom. The third kappa shape index (κ3) is 5.14. The maximum Gasteiger partial charge on any atom is 0.0548 e. The molecular weight excluding hydrogens is 346 g/mol. The zero-order valence-corrected chi connectivity index (χ0v) is 14.6. The second-order valence-corrected chi connectivity index (χ2v) is 6.42. The Morgan fingerprint density at radius 2 is 1.90 bits per heavy atom. The van der Waals surface area contributed by atoms with Crippen molar-refractivity contribution >= 4 is 27.5 Å². The van der Waals surface area contributed by atoms with E-state index < -0.39 is 0 Å². The van der Waals surface area contributed by atoms with Gasteiger partial charge in [-0.25, -0.2) is 0 Å². The van der Waals surface area contributed by atoms with Crippen LogP contribution in [-0.2, 0) is 6.42 Å². The molecule has 112 valence electrons. The molecule has 0 aliphatic rings. The molecule has 2 aromatic carbocycles. The van der Waals surface area contributed by atoms with Crippen LogP contribution >= 0.6 is 27.5 Å². The average Bonchev–Trinajstić information content (AvgIpc) is 2.50. The summed E-state index contributed by atoms with van der Waals surface area (Å²) in [5.74, 6) is 0. The molecule has 0 spiro atoms. The molecule has 1 atom stereocenters. The van der Waals surface area contributed by atoms with Crippen LogP contribution in [0.2, 0.25) is 5.02 Å². The largest absolute Gasteiger partial charge is 0.310 e. The Balaban J connectivity index is 1.97. The third-order valence-electron chi connectivity index (χ3n) is 3.60. The van der Waals surface area contributed by atoms with Gasteiger partial charge in [0.2, 0.25) is 0 Å². The monoisotopic (exact) mass is 365 g/mol. The van der Waals surface area contributed by atoms with Crippen LogP contribution in [0.5, 0.6) is 0 Å². The van der Waals surface area contributed by atoms with Crippen LogP contribution in [0.3, 0.4) is 0 Å². The molecule has 0 saturated heterocycles. The number of rotatable bonds is 7. The van der Waals surface area contributed by atoms with E-state index in [9.17, 15) is 0 Å². The van der Waals surface area contributed by atoms with Gasteiger partial charge in [0.15, 0.2) is 0 Å². The highest BCUT2D eigenvalue weighted by Gasteiger charge is 2.11. The molecule has 1 nitrogen and oxygen atoms in total. The molecule has 0 bridgehead atoms. The van der Waals surface area contributed by atoms with Crippen LogP contribution < -0.4 is 5.32 Å². The molecule has 21 heavy (non-hydrogen) atoms. The minimum atomic E-state index is 0.382. The van der Waals surface area contributed by atoms with Crippen molar-refractivity contribution in [3.63, 3.8) is 0 Å². The lowest BCUT2D eigenvalue weighted by Gasteiger charge is -2.19. The number of nitrogens with one attached hydrogen (secondary N) is 1. The molecule has 0 radical (unpaired) electrons. The zero-order valence-electron chi connectivity index (χ0n) is 12.3. The first-order chi connectivity index (χ1) is 10.2. The van der Waals surface area contributed by atoms with Crippen molar-refractivity contribution in [2.24, 2.45) is 0 Å². The highest BCUT2D eigenvalue weighted by molar-refractivity contribution is 9.10. The van der Waals surface area contributed by atoms with Gasteiger partial charge in [0.25, 0.3) is 0 Å². The lowest BCUT2D eigenvalue weighted by atomic mass is 9.99. The summed E-state index contributed by atoms with van der Waals surface area (Å²) in [6.45, 7) is 3.12. The van der Waals surface area contributed by atoms with Gasteiger partial charge in [0.1, 0.15) is 0 Å². The molecule has 1 unspecified atom stereocenters. The first-order valence-electron chi connectivity index (χ1n) is 7.43. The molecule has 0 aromatic heterocycles. The standard InChI is InChI=1S/C18H21BrClN/c1-2-21-18(15-11-12-17(20)16(19)13-15)10-6-9-14-7-4-3-5-8-14/h3-5,7-8,11-13,18,21H,2,6,9-10H2,1H3. The summed E-state index contributed by atoms with van der Waals surface area (Å²) < 4.78 is 0.965. The SMILES string of the molecule is CCNC(CCCc1ccccc1)c1ccc(Cl)c(Br)c1. The van der Waals surface area contributed by atoms with Gasteiger partial charge in [-0.3, -0.25) is 0 Å². The Morgan fingerprint density at radius 1 is 1.14 bits per heavy atom. The van der Waals surface area contributed by atoms with E-state index in [1.54, 1.807) is 0 Å². The summed E-state index contributed by atoms with van der Waals surface area (Å²) in [7, 11) is 0. The second-order valence-electron chi connectivity index (χ2n) is 5.16. The third-order valence-corrected chi connectivity index (χ3v) is 4.81. The van der Waals surface area contributed by atoms with E-state index in [-0.39, 0.29) is 0 Å². The fourth-order valence-electron chi connectivity index (χ4n) is 2.52. The fraction of sp³-hybridized carbons (Fsp3) is 0.333. The van der Waals surface area contributed by atoms with Crippen LogP contribution in [0.4, 0.5) is 0 Å². The molecule has 3 heteroatoms. The van der Waals surface area contributed by atoms with Crippen LogP contribution in [-0.4, -0.2) is 6.54 Å². The molecule has 0 aliphatic heterocycles. The van der Waals surface area contributed by atoms with Crippen molar-refractivity contribution < 1.29 is 0 Å². The van der Waals surface area contributed by atoms with E-state index in [1.807, 2.05) is 6.07 Å². The van der Waals surface area contributed by atoms with Crippen LogP contribution in [0, 0.1) is 0 Å². The molecule has 2 aromatic rings. The average molecular weight is 367 g/mol. The molecule has 1 N–H and O–H groups in total. The molecular formula is C18H21BrClN. The van der Waals surface area contributed by atoms with Gasteiger partial charge in [0, 0.05) is 10.5 Å². The van der Waals surface area contributed by atoms with E-state index in [0.717, 1.165) is 28.9 Å². The number of aryl methyl sites for hydroxylation is 1. The van der Waals surface area contributed by atoms with Gasteiger partial charge in [-0.1, -0.05) is 54.9 Å². The van der Waals surface area contributed by atoms with Gasteiger partial charge in [-0.15, -0.1) is 0 Å². The van der Waals surface area contributed by atoms with Gasteiger partial charge in [0.05, 0.1) is 5.02 Å². The van der Waals surface area contributed by atoms with Crippen molar-refractivity contribution in [3.8, 4) is 0 Å². The molecule has 0 heterocycles. The molecule has 0 amide bonds. The van der Waals surface area contributed by atoms with E-state index in [0.29, 0.717) is 6.04 Å². The van der Waals surface area contributed by atoms with E-state index in [4.69, 9.17) is 11.6 Å². The van der Waals surface area contributed by atoms with E-state index in [2.05, 4.69) is 70.6 Å². The van der Waals surface area contributed by atoms with Gasteiger partial charge >= 0.3 is 0 Å². The van der Waals surface area contributed by atoms with E-state index >= 15 is 0 Å². The smallest absolute Gasteiger partial charge is 0.0548 e. The zero-order chi connectivity index (χ0) is 15.1. The van der Waals surface area contributed by atoms with Crippen molar-refractivity contribution in [2.75, 3.05) is 6.54 Å². The molecule has 0 aliphatic carbocycles. The normalized spacial score (nSPS) is 12.3. The Bertz CT molecular complexity index is 556. The predicted octanol–water partition coefficient (Wildman–Crippen LogP) is 5.78. The number of hydrogen-bond acceptors (Lipinski definition) is 1. The minimum absolute atomic E-state index is 0.382. The number of hydrogen-bond donors (Lipinski definition) is 1. The van der Waals surface area contributed by atoms with Crippen LogP contribution in [0.15, 0.2) is 53.0 Å². The molecule has 2 rings (SSSR count). The molecule has 0 fully saturated rings. The first-order valence-corrected chi connectivity index (χ1v) is 8.60. The van der Waals surface area contributed by atoms with E-state index in [1.165, 1.54) is 17.5 Å². The summed E-state index contributed by atoms with van der Waals surface area (Å²) in [6.07, 6.45) is 3.41. The summed E-state index contributed by atoms with van der Waals surface area (Å²) in [4.78, 5) is 0. The molecule has 0 saturated carbocycles. The summed E-state index contributed by atoms with van der Waals surface area (Å²) in [5, 5.41) is 4.33. The Labute approximate surface area is 140 Å². The van der Waals surface area contributed by atoms with Gasteiger partial charge in [-0.05, 0) is 65.0 Å². The summed E-state index contributed by atoms with van der Waals surface area (Å²) in [5.41, 5.74) is 2.70. The topological polar surface area (TPSA) is 12.0 Å². The quantitative estimate of drug-likeness (QED) is 0.655. The number of benzene rings is 2. The summed E-state index contributed by atoms with van der Waals surface area (Å²) in [6, 6.07) is 17.2. The van der Waals surface area contributed by atoms with Crippen molar-refractivity contribution in [1.82, 2.24) is 5.32 Å². The van der Waals surface area contributed by atoms with Crippen molar-refractivity contribution in [3.05, 3.63) is 69.2 Å². The number of halogens is 2. The highest BCUT2D eigenvalue weighted by Crippen LogP contribution is 2.28. The van der Waals surface area contributed by atoms with Crippen molar-refractivity contribution in [2.45, 2.75) is 32.2 Å². The lowest BCUT2D eigenvalue weighted by Crippen LogP contribution is -2.21. The fourth-order valence-corrected chi connectivity index (χ4v) is 3.03. The van der Waals surface area contributed by atoms with Gasteiger partial charge in [-0.2, -0.15) is 0 Å². The summed E-state index contributed by atoms with van der Waals surface area (Å²) >= 11 is 9.59. The predicted molar refractivity (Wildman–Crippen MR) is 94.9 cm³/mol. The van der Waals surface area contributed by atoms with Gasteiger partial charge < -0.3 is 5.32 Å².